The molecule has 0 heterocycles. The van der Waals surface area contributed by atoms with Gasteiger partial charge >= 0.3 is 0 Å². The van der Waals surface area contributed by atoms with E-state index in [9.17, 15) is 4.39 Å². The number of halogens is 1. The molecule has 2 N–H and O–H groups in total. The molecule has 2 nitrogen and oxygen atoms in total. The van der Waals surface area contributed by atoms with E-state index in [0.29, 0.717) is 5.41 Å². The standard InChI is InChI=1S/C16H24FNO/c1-15(2)7-9-16(19-3,10-8-15)14(18)12-5-4-6-13(17)11-12/h4-6,11,14H,7-10,18H2,1-3H3. The fourth-order valence-electron chi connectivity index (χ4n) is 3.00. The molecule has 0 spiro atoms. The lowest BCUT2D eigenvalue weighted by Gasteiger charge is -2.46. The minimum absolute atomic E-state index is 0.240. The summed E-state index contributed by atoms with van der Waals surface area (Å²) < 4.78 is 19.1. The topological polar surface area (TPSA) is 35.2 Å². The Labute approximate surface area is 115 Å². The van der Waals surface area contributed by atoms with Gasteiger partial charge in [-0.2, -0.15) is 0 Å². The average molecular weight is 265 g/mol. The third-order valence-corrected chi connectivity index (χ3v) is 4.63. The molecule has 1 fully saturated rings. The summed E-state index contributed by atoms with van der Waals surface area (Å²) in [5.74, 6) is -0.240. The maximum atomic E-state index is 13.4. The lowest BCUT2D eigenvalue weighted by molar-refractivity contribution is -0.0794. The van der Waals surface area contributed by atoms with Crippen molar-refractivity contribution < 1.29 is 9.13 Å². The number of ether oxygens (including phenoxy) is 1. The summed E-state index contributed by atoms with van der Waals surface area (Å²) in [6.07, 6.45) is 4.02. The van der Waals surface area contributed by atoms with Crippen LogP contribution in [0.15, 0.2) is 24.3 Å². The van der Waals surface area contributed by atoms with Gasteiger partial charge in [0.25, 0.3) is 0 Å². The van der Waals surface area contributed by atoms with Crippen molar-refractivity contribution in [2.75, 3.05) is 7.11 Å². The Morgan fingerprint density at radius 3 is 2.37 bits per heavy atom. The highest BCUT2D eigenvalue weighted by molar-refractivity contribution is 5.23. The van der Waals surface area contributed by atoms with Gasteiger partial charge in [0.05, 0.1) is 11.6 Å². The third kappa shape index (κ3) is 2.98. The van der Waals surface area contributed by atoms with E-state index < -0.39 is 0 Å². The van der Waals surface area contributed by atoms with E-state index in [-0.39, 0.29) is 17.5 Å². The van der Waals surface area contributed by atoms with Crippen LogP contribution in [0.5, 0.6) is 0 Å². The van der Waals surface area contributed by atoms with Crippen molar-refractivity contribution in [1.82, 2.24) is 0 Å². The molecular formula is C16H24FNO. The molecule has 1 aromatic carbocycles. The number of rotatable bonds is 3. The fraction of sp³-hybridized carbons (Fsp3) is 0.625. The predicted octanol–water partition coefficient (Wildman–Crippen LogP) is 3.81. The monoisotopic (exact) mass is 265 g/mol. The van der Waals surface area contributed by atoms with E-state index in [1.165, 1.54) is 12.1 Å². The van der Waals surface area contributed by atoms with Crippen LogP contribution in [0.4, 0.5) is 4.39 Å². The molecule has 1 unspecified atom stereocenters. The third-order valence-electron chi connectivity index (χ3n) is 4.63. The van der Waals surface area contributed by atoms with Crippen LogP contribution in [0.2, 0.25) is 0 Å². The maximum Gasteiger partial charge on any atom is 0.123 e. The maximum absolute atomic E-state index is 13.4. The predicted molar refractivity (Wildman–Crippen MR) is 75.3 cm³/mol. The number of hydrogen-bond acceptors (Lipinski definition) is 2. The average Bonchev–Trinajstić information content (AvgIpc) is 2.39. The van der Waals surface area contributed by atoms with Crippen LogP contribution in [-0.2, 0) is 4.74 Å². The molecule has 0 aromatic heterocycles. The van der Waals surface area contributed by atoms with Crippen molar-refractivity contribution in [3.63, 3.8) is 0 Å². The zero-order chi connectivity index (χ0) is 14.1. The van der Waals surface area contributed by atoms with E-state index in [2.05, 4.69) is 13.8 Å². The Morgan fingerprint density at radius 1 is 1.21 bits per heavy atom. The van der Waals surface area contributed by atoms with Crippen LogP contribution in [0.1, 0.15) is 51.1 Å². The number of hydrogen-bond donors (Lipinski definition) is 1. The normalized spacial score (nSPS) is 23.0. The first-order chi connectivity index (χ1) is 8.88. The fourth-order valence-corrected chi connectivity index (χ4v) is 3.00. The van der Waals surface area contributed by atoms with E-state index in [4.69, 9.17) is 10.5 Å². The highest BCUT2D eigenvalue weighted by atomic mass is 19.1. The van der Waals surface area contributed by atoms with Gasteiger partial charge in [-0.05, 0) is 48.8 Å². The largest absolute Gasteiger partial charge is 0.376 e. The highest BCUT2D eigenvalue weighted by Crippen LogP contribution is 2.46. The molecule has 1 saturated carbocycles. The zero-order valence-electron chi connectivity index (χ0n) is 12.1. The van der Waals surface area contributed by atoms with Gasteiger partial charge in [-0.15, -0.1) is 0 Å². The van der Waals surface area contributed by atoms with Crippen molar-refractivity contribution in [2.45, 2.75) is 51.2 Å². The molecule has 3 heteroatoms. The molecule has 0 saturated heterocycles. The Balaban J connectivity index is 2.22. The van der Waals surface area contributed by atoms with Gasteiger partial charge in [0.15, 0.2) is 0 Å². The van der Waals surface area contributed by atoms with Gasteiger partial charge in [0.1, 0.15) is 5.82 Å². The summed E-state index contributed by atoms with van der Waals surface area (Å²) in [6.45, 7) is 4.56. The Hall–Kier alpha value is -0.930. The van der Waals surface area contributed by atoms with Gasteiger partial charge in [0.2, 0.25) is 0 Å². The second-order valence-electron chi connectivity index (χ2n) is 6.47. The highest BCUT2D eigenvalue weighted by Gasteiger charge is 2.43. The summed E-state index contributed by atoms with van der Waals surface area (Å²) in [4.78, 5) is 0. The zero-order valence-corrected chi connectivity index (χ0v) is 12.1. The first kappa shape index (κ1) is 14.5. The molecule has 0 amide bonds. The SMILES string of the molecule is COC1(C(N)c2cccc(F)c2)CCC(C)(C)CC1. The summed E-state index contributed by atoms with van der Waals surface area (Å²) in [6, 6.07) is 6.28. The van der Waals surface area contributed by atoms with Gasteiger partial charge in [-0.3, -0.25) is 0 Å². The molecular weight excluding hydrogens is 241 g/mol. The lowest BCUT2D eigenvalue weighted by atomic mass is 9.67. The van der Waals surface area contributed by atoms with E-state index in [1.807, 2.05) is 6.07 Å². The quantitative estimate of drug-likeness (QED) is 0.902. The van der Waals surface area contributed by atoms with Crippen LogP contribution in [0, 0.1) is 11.2 Å². The smallest absolute Gasteiger partial charge is 0.123 e. The van der Waals surface area contributed by atoms with Gasteiger partial charge in [-0.25, -0.2) is 4.39 Å². The summed E-state index contributed by atoms with van der Waals surface area (Å²) in [5.41, 5.74) is 7.19. The Bertz CT molecular complexity index is 434. The number of nitrogens with two attached hydrogens (primary N) is 1. The molecule has 2 rings (SSSR count). The van der Waals surface area contributed by atoms with Crippen molar-refractivity contribution >= 4 is 0 Å². The van der Waals surface area contributed by atoms with E-state index in [0.717, 1.165) is 31.2 Å². The molecule has 0 aliphatic heterocycles. The Morgan fingerprint density at radius 2 is 1.84 bits per heavy atom. The first-order valence-electron chi connectivity index (χ1n) is 6.95. The summed E-state index contributed by atoms with van der Waals surface area (Å²) >= 11 is 0. The molecule has 0 bridgehead atoms. The van der Waals surface area contributed by atoms with Gasteiger partial charge in [0, 0.05) is 7.11 Å². The van der Waals surface area contributed by atoms with Crippen molar-refractivity contribution in [2.24, 2.45) is 11.1 Å². The molecule has 1 aliphatic carbocycles. The minimum atomic E-state index is -0.358. The summed E-state index contributed by atoms with van der Waals surface area (Å²) in [7, 11) is 1.72. The van der Waals surface area contributed by atoms with E-state index >= 15 is 0 Å². The molecule has 106 valence electrons. The van der Waals surface area contributed by atoms with Crippen LogP contribution in [-0.4, -0.2) is 12.7 Å². The Kier molecular flexibility index (Phi) is 3.98. The van der Waals surface area contributed by atoms with Crippen LogP contribution < -0.4 is 5.73 Å². The molecule has 0 radical (unpaired) electrons. The molecule has 1 atom stereocenters. The van der Waals surface area contributed by atoms with Gasteiger partial charge in [-0.1, -0.05) is 26.0 Å². The van der Waals surface area contributed by atoms with E-state index in [1.54, 1.807) is 13.2 Å². The minimum Gasteiger partial charge on any atom is -0.376 e. The van der Waals surface area contributed by atoms with Gasteiger partial charge < -0.3 is 10.5 Å². The van der Waals surface area contributed by atoms with Crippen LogP contribution in [0.3, 0.4) is 0 Å². The van der Waals surface area contributed by atoms with Crippen LogP contribution in [0.25, 0.3) is 0 Å². The van der Waals surface area contributed by atoms with Crippen LogP contribution >= 0.6 is 0 Å². The molecule has 19 heavy (non-hydrogen) atoms. The number of benzene rings is 1. The second kappa shape index (κ2) is 5.22. The summed E-state index contributed by atoms with van der Waals surface area (Å²) in [5, 5.41) is 0. The molecule has 1 aliphatic rings. The van der Waals surface area contributed by atoms with Crippen molar-refractivity contribution in [3.8, 4) is 0 Å². The number of methoxy groups -OCH3 is 1. The van der Waals surface area contributed by atoms with Crippen molar-refractivity contribution in [3.05, 3.63) is 35.6 Å². The lowest BCUT2D eigenvalue weighted by Crippen LogP contribution is -2.47. The van der Waals surface area contributed by atoms with Crippen molar-refractivity contribution in [1.29, 1.82) is 0 Å². The first-order valence-corrected chi connectivity index (χ1v) is 6.95. The molecule has 1 aromatic rings. The second-order valence-corrected chi connectivity index (χ2v) is 6.47.